The molecule has 1 N–H and O–H groups in total. The van der Waals surface area contributed by atoms with Crippen LogP contribution in [0.5, 0.6) is 5.75 Å². The van der Waals surface area contributed by atoms with E-state index in [1.807, 2.05) is 11.0 Å². The number of hydrogen-bond donors (Lipinski definition) is 1. The first-order valence-electron chi connectivity index (χ1n) is 5.69. The third kappa shape index (κ3) is 2.03. The summed E-state index contributed by atoms with van der Waals surface area (Å²) in [6, 6.07) is 5.05. The molecule has 96 valence electrons. The second-order valence-corrected chi connectivity index (χ2v) is 4.34. The van der Waals surface area contributed by atoms with E-state index in [9.17, 15) is 9.59 Å². The zero-order valence-corrected chi connectivity index (χ0v) is 10.3. The Morgan fingerprint density at radius 3 is 2.89 bits per heavy atom. The lowest BCUT2D eigenvalue weighted by Crippen LogP contribution is -2.40. The van der Waals surface area contributed by atoms with Crippen LogP contribution in [-0.4, -0.2) is 37.1 Å². The number of rotatable bonds is 3. The van der Waals surface area contributed by atoms with E-state index in [4.69, 9.17) is 9.84 Å². The Kier molecular flexibility index (Phi) is 3.23. The number of ether oxygens (including phenoxy) is 1. The minimum Gasteiger partial charge on any atom is -0.496 e. The van der Waals surface area contributed by atoms with E-state index in [0.29, 0.717) is 11.3 Å². The van der Waals surface area contributed by atoms with Gasteiger partial charge in [-0.1, -0.05) is 6.07 Å². The molecule has 1 atom stereocenters. The van der Waals surface area contributed by atoms with Crippen LogP contribution in [0.4, 0.5) is 5.69 Å². The minimum atomic E-state index is -0.897. The second kappa shape index (κ2) is 4.68. The SMILES string of the molecule is COc1cccc2c1C(=O)CC(CC(=O)O)N2C. The van der Waals surface area contributed by atoms with Gasteiger partial charge in [-0.3, -0.25) is 9.59 Å². The van der Waals surface area contributed by atoms with Gasteiger partial charge in [-0.25, -0.2) is 0 Å². The summed E-state index contributed by atoms with van der Waals surface area (Å²) >= 11 is 0. The lowest BCUT2D eigenvalue weighted by molar-refractivity contribution is -0.137. The molecule has 0 amide bonds. The fourth-order valence-corrected chi connectivity index (χ4v) is 2.32. The standard InChI is InChI=1S/C13H15NO4/c1-14-8(7-12(16)17)6-10(15)13-9(14)4-3-5-11(13)18-2/h3-5,8H,6-7H2,1-2H3,(H,16,17). The van der Waals surface area contributed by atoms with Crippen molar-refractivity contribution in [2.45, 2.75) is 18.9 Å². The van der Waals surface area contributed by atoms with Crippen LogP contribution >= 0.6 is 0 Å². The number of carboxylic acid groups (broad SMARTS) is 1. The van der Waals surface area contributed by atoms with E-state index in [1.165, 1.54) is 7.11 Å². The van der Waals surface area contributed by atoms with Crippen molar-refractivity contribution >= 4 is 17.4 Å². The normalized spacial score (nSPS) is 18.4. The van der Waals surface area contributed by atoms with Crippen molar-refractivity contribution in [2.24, 2.45) is 0 Å². The summed E-state index contributed by atoms with van der Waals surface area (Å²) in [7, 11) is 3.32. The Morgan fingerprint density at radius 2 is 2.28 bits per heavy atom. The van der Waals surface area contributed by atoms with Gasteiger partial charge in [0.05, 0.1) is 24.8 Å². The molecule has 0 saturated carbocycles. The largest absolute Gasteiger partial charge is 0.496 e. The van der Waals surface area contributed by atoms with Crippen molar-refractivity contribution in [3.8, 4) is 5.75 Å². The Balaban J connectivity index is 2.42. The Labute approximate surface area is 105 Å². The van der Waals surface area contributed by atoms with E-state index in [1.54, 1.807) is 19.2 Å². The summed E-state index contributed by atoms with van der Waals surface area (Å²) in [5, 5.41) is 8.86. The number of fused-ring (bicyclic) bond motifs is 1. The van der Waals surface area contributed by atoms with Crippen LogP contribution in [0.15, 0.2) is 18.2 Å². The number of ketones is 1. The number of benzene rings is 1. The molecule has 0 saturated heterocycles. The fraction of sp³-hybridized carbons (Fsp3) is 0.385. The number of hydrogen-bond acceptors (Lipinski definition) is 4. The highest BCUT2D eigenvalue weighted by atomic mass is 16.5. The molecule has 0 bridgehead atoms. The van der Waals surface area contributed by atoms with E-state index in [2.05, 4.69) is 0 Å². The van der Waals surface area contributed by atoms with Gasteiger partial charge in [-0.2, -0.15) is 0 Å². The molecule has 5 heteroatoms. The first kappa shape index (κ1) is 12.4. The van der Waals surface area contributed by atoms with Gasteiger partial charge in [-0.15, -0.1) is 0 Å². The van der Waals surface area contributed by atoms with Crippen molar-refractivity contribution < 1.29 is 19.4 Å². The molecule has 1 aliphatic rings. The molecule has 0 aromatic heterocycles. The van der Waals surface area contributed by atoms with Gasteiger partial charge >= 0.3 is 5.97 Å². The van der Waals surface area contributed by atoms with Crippen LogP contribution in [0.3, 0.4) is 0 Å². The number of anilines is 1. The van der Waals surface area contributed by atoms with Crippen LogP contribution in [-0.2, 0) is 4.79 Å². The number of carbonyl (C=O) groups excluding carboxylic acids is 1. The molecule has 0 fully saturated rings. The van der Waals surface area contributed by atoms with Crippen molar-refractivity contribution in [1.29, 1.82) is 0 Å². The first-order valence-corrected chi connectivity index (χ1v) is 5.69. The maximum Gasteiger partial charge on any atom is 0.305 e. The molecule has 2 rings (SSSR count). The molecular formula is C13H15NO4. The summed E-state index contributed by atoms with van der Waals surface area (Å²) in [6.45, 7) is 0. The van der Waals surface area contributed by atoms with Gasteiger partial charge in [0.15, 0.2) is 5.78 Å². The van der Waals surface area contributed by atoms with Crippen LogP contribution in [0.25, 0.3) is 0 Å². The predicted molar refractivity (Wildman–Crippen MR) is 66.4 cm³/mol. The average molecular weight is 249 g/mol. The highest BCUT2D eigenvalue weighted by Gasteiger charge is 2.32. The van der Waals surface area contributed by atoms with Crippen LogP contribution in [0, 0.1) is 0 Å². The van der Waals surface area contributed by atoms with Crippen molar-refractivity contribution in [3.05, 3.63) is 23.8 Å². The average Bonchev–Trinajstić information content (AvgIpc) is 2.34. The molecule has 0 radical (unpaired) electrons. The van der Waals surface area contributed by atoms with Gasteiger partial charge in [0, 0.05) is 19.5 Å². The Morgan fingerprint density at radius 1 is 1.56 bits per heavy atom. The third-order valence-corrected chi connectivity index (χ3v) is 3.26. The van der Waals surface area contributed by atoms with Gasteiger partial charge in [-0.05, 0) is 12.1 Å². The maximum atomic E-state index is 12.1. The van der Waals surface area contributed by atoms with Gasteiger partial charge in [0.2, 0.25) is 0 Å². The monoisotopic (exact) mass is 249 g/mol. The first-order chi connectivity index (χ1) is 8.54. The van der Waals surface area contributed by atoms with Crippen LogP contribution in [0.2, 0.25) is 0 Å². The molecule has 1 aromatic rings. The molecule has 0 aliphatic carbocycles. The molecule has 0 spiro atoms. The van der Waals surface area contributed by atoms with Crippen molar-refractivity contribution in [1.82, 2.24) is 0 Å². The molecule has 5 nitrogen and oxygen atoms in total. The van der Waals surface area contributed by atoms with Crippen molar-refractivity contribution in [3.63, 3.8) is 0 Å². The highest BCUT2D eigenvalue weighted by molar-refractivity contribution is 6.06. The number of Topliss-reactive ketones (excluding diaryl/α,β-unsaturated/α-hetero) is 1. The Bertz CT molecular complexity index is 498. The molecule has 18 heavy (non-hydrogen) atoms. The fourth-order valence-electron chi connectivity index (χ4n) is 2.32. The van der Waals surface area contributed by atoms with Crippen LogP contribution < -0.4 is 9.64 Å². The van der Waals surface area contributed by atoms with Crippen LogP contribution in [0.1, 0.15) is 23.2 Å². The third-order valence-electron chi connectivity index (χ3n) is 3.26. The van der Waals surface area contributed by atoms with E-state index in [-0.39, 0.29) is 24.7 Å². The molecule has 1 aliphatic heterocycles. The molecule has 1 unspecified atom stereocenters. The van der Waals surface area contributed by atoms with E-state index >= 15 is 0 Å². The summed E-state index contributed by atoms with van der Waals surface area (Å²) in [4.78, 5) is 24.7. The lowest BCUT2D eigenvalue weighted by Gasteiger charge is -2.34. The summed E-state index contributed by atoms with van der Waals surface area (Å²) in [5.74, 6) is -0.420. The van der Waals surface area contributed by atoms with Crippen molar-refractivity contribution in [2.75, 3.05) is 19.1 Å². The lowest BCUT2D eigenvalue weighted by atomic mass is 9.92. The second-order valence-electron chi connectivity index (χ2n) is 4.34. The molecule has 1 aromatic carbocycles. The predicted octanol–water partition coefficient (Wildman–Crippen LogP) is 1.56. The maximum absolute atomic E-state index is 12.1. The summed E-state index contributed by atoms with van der Waals surface area (Å²) < 4.78 is 5.18. The molecule has 1 heterocycles. The van der Waals surface area contributed by atoms with Gasteiger partial charge < -0.3 is 14.7 Å². The number of carboxylic acids is 1. The number of carbonyl (C=O) groups is 2. The number of aliphatic carboxylic acids is 1. The quantitative estimate of drug-likeness (QED) is 0.880. The van der Waals surface area contributed by atoms with E-state index < -0.39 is 5.97 Å². The molecular weight excluding hydrogens is 234 g/mol. The summed E-state index contributed by atoms with van der Waals surface area (Å²) in [5.41, 5.74) is 1.28. The highest BCUT2D eigenvalue weighted by Crippen LogP contribution is 2.36. The topological polar surface area (TPSA) is 66.8 Å². The van der Waals surface area contributed by atoms with E-state index in [0.717, 1.165) is 5.69 Å². The summed E-state index contributed by atoms with van der Waals surface area (Å²) in [6.07, 6.45) is 0.162. The van der Waals surface area contributed by atoms with Gasteiger partial charge in [0.1, 0.15) is 5.75 Å². The zero-order chi connectivity index (χ0) is 13.3. The number of nitrogens with zero attached hydrogens (tertiary/aromatic N) is 1. The minimum absolute atomic E-state index is 0.0428. The zero-order valence-electron chi connectivity index (χ0n) is 10.3. The Hall–Kier alpha value is -2.04. The number of methoxy groups -OCH3 is 1. The smallest absolute Gasteiger partial charge is 0.305 e. The van der Waals surface area contributed by atoms with Gasteiger partial charge in [0.25, 0.3) is 0 Å².